The number of benzene rings is 2. The van der Waals surface area contributed by atoms with Crippen LogP contribution >= 0.6 is 12.2 Å². The predicted octanol–water partition coefficient (Wildman–Crippen LogP) is 3.87. The summed E-state index contributed by atoms with van der Waals surface area (Å²) >= 11 is 5.26. The van der Waals surface area contributed by atoms with E-state index in [0.717, 1.165) is 24.3 Å². The molecule has 0 heterocycles. The molecule has 2 aromatic carbocycles. The van der Waals surface area contributed by atoms with E-state index in [0.29, 0.717) is 16.6 Å². The fraction of sp³-hybridized carbons (Fsp3) is 0.300. The van der Waals surface area contributed by atoms with Gasteiger partial charge in [-0.25, -0.2) is 0 Å². The third-order valence-corrected chi connectivity index (χ3v) is 4.24. The van der Waals surface area contributed by atoms with E-state index in [1.807, 2.05) is 30.3 Å². The van der Waals surface area contributed by atoms with E-state index in [2.05, 4.69) is 46.7 Å². The summed E-state index contributed by atoms with van der Waals surface area (Å²) in [5.41, 5.74) is 5.79. The van der Waals surface area contributed by atoms with Crippen LogP contribution in [-0.2, 0) is 0 Å². The van der Waals surface area contributed by atoms with E-state index in [-0.39, 0.29) is 0 Å². The Morgan fingerprint density at radius 1 is 1.04 bits per heavy atom. The lowest BCUT2D eigenvalue weighted by molar-refractivity contribution is 0.355. The van der Waals surface area contributed by atoms with Gasteiger partial charge in [-0.15, -0.1) is 0 Å². The van der Waals surface area contributed by atoms with Gasteiger partial charge in [-0.1, -0.05) is 12.1 Å². The summed E-state index contributed by atoms with van der Waals surface area (Å²) in [6.07, 6.45) is 1.73. The molecule has 0 radical (unpaired) electrons. The molecule has 0 bridgehead atoms. The summed E-state index contributed by atoms with van der Waals surface area (Å²) in [5.74, 6) is 1.29. The molecule has 0 aromatic heterocycles. The lowest BCUT2D eigenvalue weighted by Gasteiger charge is -2.20. The second-order valence-corrected chi connectivity index (χ2v) is 6.07. The van der Waals surface area contributed by atoms with Gasteiger partial charge in [-0.05, 0) is 55.9 Å². The van der Waals surface area contributed by atoms with E-state index >= 15 is 0 Å². The first-order valence-corrected chi connectivity index (χ1v) is 9.19. The molecule has 0 saturated heterocycles. The Hall–Kier alpha value is -2.80. The first kappa shape index (κ1) is 20.5. The number of hydrazone groups is 1. The molecule has 0 atom stereocenters. The zero-order chi connectivity index (χ0) is 19.6. The molecule has 0 unspecified atom stereocenters. The molecule has 0 aliphatic heterocycles. The normalized spacial score (nSPS) is 10.5. The molecule has 0 saturated carbocycles. The van der Waals surface area contributed by atoms with Gasteiger partial charge in [0.2, 0.25) is 0 Å². The maximum Gasteiger partial charge on any atom is 0.191 e. The monoisotopic (exact) mass is 386 g/mol. The minimum atomic E-state index is 0.387. The van der Waals surface area contributed by atoms with Crippen LogP contribution in [0.25, 0.3) is 0 Å². The van der Waals surface area contributed by atoms with Gasteiger partial charge >= 0.3 is 0 Å². The minimum Gasteiger partial charge on any atom is -0.493 e. The third-order valence-electron chi connectivity index (χ3n) is 4.04. The highest BCUT2D eigenvalue weighted by atomic mass is 32.1. The highest BCUT2D eigenvalue weighted by Gasteiger charge is 2.05. The summed E-state index contributed by atoms with van der Waals surface area (Å²) in [5, 5.41) is 7.63. The van der Waals surface area contributed by atoms with Crippen molar-refractivity contribution < 1.29 is 9.47 Å². The molecule has 144 valence electrons. The van der Waals surface area contributed by atoms with Crippen LogP contribution in [0.1, 0.15) is 19.4 Å². The van der Waals surface area contributed by atoms with Crippen LogP contribution in [0.2, 0.25) is 0 Å². The molecule has 0 aliphatic carbocycles. The zero-order valence-electron chi connectivity index (χ0n) is 16.2. The Morgan fingerprint density at radius 2 is 1.70 bits per heavy atom. The molecular formula is C20H26N4O2S. The standard InChI is InChI=1S/C20H26N4O2S/c1-5-24(6-2)17-10-7-15(8-11-17)14-21-23-20(27)22-16-9-12-18(25-3)19(13-16)26-4/h7-14H,5-6H2,1-4H3,(H2,22,23,27)/b21-14-. The van der Waals surface area contributed by atoms with E-state index in [1.54, 1.807) is 20.4 Å². The highest BCUT2D eigenvalue weighted by Crippen LogP contribution is 2.29. The predicted molar refractivity (Wildman–Crippen MR) is 116 cm³/mol. The van der Waals surface area contributed by atoms with E-state index in [9.17, 15) is 0 Å². The lowest BCUT2D eigenvalue weighted by Crippen LogP contribution is -2.23. The summed E-state index contributed by atoms with van der Waals surface area (Å²) < 4.78 is 10.5. The van der Waals surface area contributed by atoms with Crippen LogP contribution < -0.4 is 25.1 Å². The molecule has 27 heavy (non-hydrogen) atoms. The number of methoxy groups -OCH3 is 2. The van der Waals surface area contributed by atoms with Crippen molar-refractivity contribution in [3.63, 3.8) is 0 Å². The van der Waals surface area contributed by atoms with Crippen molar-refractivity contribution in [1.82, 2.24) is 5.43 Å². The Kier molecular flexibility index (Phi) is 7.88. The first-order valence-electron chi connectivity index (χ1n) is 8.78. The maximum atomic E-state index is 5.28. The number of hydrogen-bond donors (Lipinski definition) is 2. The molecule has 0 spiro atoms. The van der Waals surface area contributed by atoms with Gasteiger partial charge in [0.15, 0.2) is 16.6 Å². The van der Waals surface area contributed by atoms with Crippen molar-refractivity contribution >= 4 is 34.9 Å². The van der Waals surface area contributed by atoms with Gasteiger partial charge < -0.3 is 19.7 Å². The number of hydrogen-bond acceptors (Lipinski definition) is 5. The SMILES string of the molecule is CCN(CC)c1ccc(/C=N\NC(=S)Nc2ccc(OC)c(OC)c2)cc1. The van der Waals surface area contributed by atoms with Gasteiger partial charge in [0, 0.05) is 30.5 Å². The van der Waals surface area contributed by atoms with Gasteiger partial charge in [0.1, 0.15) is 0 Å². The lowest BCUT2D eigenvalue weighted by atomic mass is 10.2. The number of anilines is 2. The van der Waals surface area contributed by atoms with E-state index in [1.165, 1.54) is 5.69 Å². The van der Waals surface area contributed by atoms with Gasteiger partial charge in [0.05, 0.1) is 20.4 Å². The molecule has 2 rings (SSSR count). The van der Waals surface area contributed by atoms with E-state index < -0.39 is 0 Å². The summed E-state index contributed by atoms with van der Waals surface area (Å²) in [7, 11) is 3.19. The Balaban J connectivity index is 1.91. The average molecular weight is 387 g/mol. The molecule has 7 heteroatoms. The van der Waals surface area contributed by atoms with E-state index in [4.69, 9.17) is 21.7 Å². The Labute approximate surface area is 166 Å². The fourth-order valence-electron chi connectivity index (χ4n) is 2.60. The molecule has 0 fully saturated rings. The van der Waals surface area contributed by atoms with Gasteiger partial charge in [0.25, 0.3) is 0 Å². The second kappa shape index (κ2) is 10.4. The number of ether oxygens (including phenoxy) is 2. The van der Waals surface area contributed by atoms with Crippen LogP contribution in [0.3, 0.4) is 0 Å². The number of nitrogens with one attached hydrogen (secondary N) is 2. The van der Waals surface area contributed by atoms with Crippen LogP contribution in [-0.4, -0.2) is 38.6 Å². The fourth-order valence-corrected chi connectivity index (χ4v) is 2.77. The Morgan fingerprint density at radius 3 is 2.30 bits per heavy atom. The molecule has 6 nitrogen and oxygen atoms in total. The molecule has 2 N–H and O–H groups in total. The van der Waals surface area contributed by atoms with Crippen molar-refractivity contribution in [3.8, 4) is 11.5 Å². The van der Waals surface area contributed by atoms with Crippen molar-refractivity contribution in [2.24, 2.45) is 5.10 Å². The van der Waals surface area contributed by atoms with Crippen LogP contribution in [0.4, 0.5) is 11.4 Å². The average Bonchev–Trinajstić information content (AvgIpc) is 2.70. The topological polar surface area (TPSA) is 58.1 Å². The second-order valence-electron chi connectivity index (χ2n) is 5.66. The molecule has 0 aliphatic rings. The van der Waals surface area contributed by atoms with Crippen molar-refractivity contribution in [1.29, 1.82) is 0 Å². The zero-order valence-corrected chi connectivity index (χ0v) is 17.0. The minimum absolute atomic E-state index is 0.387. The van der Waals surface area contributed by atoms with Gasteiger partial charge in [-0.2, -0.15) is 5.10 Å². The van der Waals surface area contributed by atoms with Gasteiger partial charge in [-0.3, -0.25) is 5.43 Å². The van der Waals surface area contributed by atoms with Crippen molar-refractivity contribution in [2.75, 3.05) is 37.5 Å². The highest BCUT2D eigenvalue weighted by molar-refractivity contribution is 7.80. The summed E-state index contributed by atoms with van der Waals surface area (Å²) in [4.78, 5) is 2.29. The number of thiocarbonyl (C=S) groups is 1. The number of rotatable bonds is 8. The quantitative estimate of drug-likeness (QED) is 0.408. The number of nitrogens with zero attached hydrogens (tertiary/aromatic N) is 2. The summed E-state index contributed by atoms with van der Waals surface area (Å²) in [6, 6.07) is 13.7. The van der Waals surface area contributed by atoms with Crippen LogP contribution in [0.5, 0.6) is 11.5 Å². The van der Waals surface area contributed by atoms with Crippen LogP contribution in [0, 0.1) is 0 Å². The smallest absolute Gasteiger partial charge is 0.191 e. The molecule has 2 aromatic rings. The first-order chi connectivity index (χ1) is 13.1. The molecule has 0 amide bonds. The van der Waals surface area contributed by atoms with Crippen LogP contribution in [0.15, 0.2) is 47.6 Å². The largest absolute Gasteiger partial charge is 0.493 e. The maximum absolute atomic E-state index is 5.28. The summed E-state index contributed by atoms with van der Waals surface area (Å²) in [6.45, 7) is 6.27. The van der Waals surface area contributed by atoms with Crippen molar-refractivity contribution in [3.05, 3.63) is 48.0 Å². The Bertz CT molecular complexity index is 774. The molecular weight excluding hydrogens is 360 g/mol. The third kappa shape index (κ3) is 5.86. The van der Waals surface area contributed by atoms with Crippen molar-refractivity contribution in [2.45, 2.75) is 13.8 Å².